The van der Waals surface area contributed by atoms with Crippen LogP contribution in [-0.2, 0) is 0 Å². The van der Waals surface area contributed by atoms with E-state index in [-0.39, 0.29) is 21.2 Å². The van der Waals surface area contributed by atoms with Gasteiger partial charge in [0.15, 0.2) is 0 Å². The Bertz CT molecular complexity index is 813. The molecule has 24 heavy (non-hydrogen) atoms. The van der Waals surface area contributed by atoms with Gasteiger partial charge in [-0.25, -0.2) is 0 Å². The van der Waals surface area contributed by atoms with Gasteiger partial charge >= 0.3 is 0 Å². The van der Waals surface area contributed by atoms with Crippen LogP contribution < -0.4 is 4.74 Å². The molecule has 0 radical (unpaired) electrons. The molecule has 0 N–H and O–H groups in total. The van der Waals surface area contributed by atoms with Crippen molar-refractivity contribution in [1.29, 1.82) is 5.26 Å². The molecule has 2 aromatic carbocycles. The van der Waals surface area contributed by atoms with Crippen LogP contribution in [0, 0.1) is 11.3 Å². The summed E-state index contributed by atoms with van der Waals surface area (Å²) in [6, 6.07) is 13.6. The average Bonchev–Trinajstić information content (AvgIpc) is 2.58. The highest BCUT2D eigenvalue weighted by Crippen LogP contribution is 2.27. The second-order valence-electron chi connectivity index (χ2n) is 4.76. The zero-order valence-electron chi connectivity index (χ0n) is 12.6. The molecule has 0 unspecified atom stereocenters. The normalized spacial score (nSPS) is 10.8. The fourth-order valence-electron chi connectivity index (χ4n) is 1.98. The lowest BCUT2D eigenvalue weighted by Crippen LogP contribution is -2.04. The van der Waals surface area contributed by atoms with Crippen molar-refractivity contribution in [1.82, 2.24) is 0 Å². The summed E-state index contributed by atoms with van der Waals surface area (Å²) in [4.78, 5) is 12.5. The van der Waals surface area contributed by atoms with E-state index in [2.05, 4.69) is 6.58 Å². The number of ketones is 1. The van der Waals surface area contributed by atoms with Crippen molar-refractivity contribution < 1.29 is 9.53 Å². The van der Waals surface area contributed by atoms with E-state index in [0.717, 1.165) is 0 Å². The number of carbonyl (C=O) groups excluding carboxylic acids is 1. The summed E-state index contributed by atoms with van der Waals surface area (Å²) < 4.78 is 5.38. The average molecular weight is 358 g/mol. The van der Waals surface area contributed by atoms with Gasteiger partial charge in [-0.3, -0.25) is 4.79 Å². The Balaban J connectivity index is 2.31. The van der Waals surface area contributed by atoms with Crippen molar-refractivity contribution in [2.45, 2.75) is 0 Å². The summed E-state index contributed by atoms with van der Waals surface area (Å²) in [5, 5.41) is 9.73. The van der Waals surface area contributed by atoms with Gasteiger partial charge in [0.05, 0.1) is 15.6 Å². The summed E-state index contributed by atoms with van der Waals surface area (Å²) in [5.41, 5.74) is 0.762. The third-order valence-electron chi connectivity index (χ3n) is 3.11. The molecule has 120 valence electrons. The molecule has 0 saturated heterocycles. The third-order valence-corrected chi connectivity index (χ3v) is 3.74. The topological polar surface area (TPSA) is 50.1 Å². The van der Waals surface area contributed by atoms with E-state index in [4.69, 9.17) is 27.9 Å². The van der Waals surface area contributed by atoms with Crippen molar-refractivity contribution in [2.75, 3.05) is 6.61 Å². The summed E-state index contributed by atoms with van der Waals surface area (Å²) in [5.74, 6) is 0.158. The van der Waals surface area contributed by atoms with E-state index in [9.17, 15) is 10.1 Å². The second-order valence-corrected chi connectivity index (χ2v) is 5.58. The molecule has 0 aromatic heterocycles. The molecule has 0 aliphatic carbocycles. The fraction of sp³-hybridized carbons (Fsp3) is 0.0526. The number of hydrogen-bond acceptors (Lipinski definition) is 3. The molecular formula is C19H13Cl2NO2. The second kappa shape index (κ2) is 8.35. The predicted octanol–water partition coefficient (Wildman–Crippen LogP) is 5.35. The minimum absolute atomic E-state index is 0.0511. The number of halogens is 2. The number of Topliss-reactive ketones (excluding diaryl/α,β-unsaturated/α-hetero) is 1. The summed E-state index contributed by atoms with van der Waals surface area (Å²) in [6.45, 7) is 3.98. The molecule has 2 aromatic rings. The summed E-state index contributed by atoms with van der Waals surface area (Å²) >= 11 is 12.1. The van der Waals surface area contributed by atoms with E-state index in [1.54, 1.807) is 48.5 Å². The van der Waals surface area contributed by atoms with Crippen LogP contribution >= 0.6 is 23.2 Å². The number of nitriles is 1. The standard InChI is InChI=1S/C19H13Cl2NO2/c1-2-10-24-15-8-6-13(7-9-15)11-14(12-22)19(23)18-16(20)4-3-5-17(18)21/h2-9,11H,1,10H2/b14-11+. The van der Waals surface area contributed by atoms with Crippen LogP contribution in [0.3, 0.4) is 0 Å². The lowest BCUT2D eigenvalue weighted by molar-refractivity contribution is 0.104. The largest absolute Gasteiger partial charge is 0.490 e. The zero-order chi connectivity index (χ0) is 17.5. The monoisotopic (exact) mass is 357 g/mol. The first-order valence-corrected chi connectivity index (χ1v) is 7.76. The number of nitrogens with zero attached hydrogens (tertiary/aromatic N) is 1. The van der Waals surface area contributed by atoms with Gasteiger partial charge in [0.25, 0.3) is 0 Å². The van der Waals surface area contributed by atoms with Crippen LogP contribution in [0.5, 0.6) is 5.75 Å². The van der Waals surface area contributed by atoms with Gasteiger partial charge in [0, 0.05) is 0 Å². The van der Waals surface area contributed by atoms with Crippen molar-refractivity contribution in [3.8, 4) is 11.8 Å². The third kappa shape index (κ3) is 4.26. The number of benzene rings is 2. The Morgan fingerprint density at radius 1 is 1.17 bits per heavy atom. The maximum atomic E-state index is 12.5. The number of rotatable bonds is 6. The van der Waals surface area contributed by atoms with E-state index in [1.807, 2.05) is 6.07 Å². The lowest BCUT2D eigenvalue weighted by Gasteiger charge is -2.06. The van der Waals surface area contributed by atoms with E-state index >= 15 is 0 Å². The first kappa shape index (κ1) is 17.8. The molecule has 0 spiro atoms. The highest BCUT2D eigenvalue weighted by atomic mass is 35.5. The van der Waals surface area contributed by atoms with Gasteiger partial charge in [-0.15, -0.1) is 0 Å². The SMILES string of the molecule is C=CCOc1ccc(/C=C(\C#N)C(=O)c2c(Cl)cccc2Cl)cc1. The molecule has 5 heteroatoms. The molecule has 0 fully saturated rings. The Morgan fingerprint density at radius 2 is 1.79 bits per heavy atom. The lowest BCUT2D eigenvalue weighted by atomic mass is 10.0. The van der Waals surface area contributed by atoms with E-state index in [1.165, 1.54) is 6.08 Å². The highest BCUT2D eigenvalue weighted by molar-refractivity contribution is 6.41. The van der Waals surface area contributed by atoms with Crippen molar-refractivity contribution >= 4 is 35.1 Å². The van der Waals surface area contributed by atoms with Gasteiger partial charge in [0.1, 0.15) is 24.0 Å². The molecule has 0 atom stereocenters. The van der Waals surface area contributed by atoms with E-state index in [0.29, 0.717) is 17.9 Å². The summed E-state index contributed by atoms with van der Waals surface area (Å²) in [6.07, 6.45) is 3.13. The molecule has 0 aliphatic rings. The Hall–Kier alpha value is -2.54. The molecule has 0 heterocycles. The van der Waals surface area contributed by atoms with Crippen LogP contribution in [0.2, 0.25) is 10.0 Å². The van der Waals surface area contributed by atoms with Gasteiger partial charge in [-0.05, 0) is 35.9 Å². The molecular weight excluding hydrogens is 345 g/mol. The minimum Gasteiger partial charge on any atom is -0.490 e. The molecule has 0 bridgehead atoms. The van der Waals surface area contributed by atoms with Crippen LogP contribution in [0.15, 0.2) is 60.7 Å². The van der Waals surface area contributed by atoms with Gasteiger partial charge < -0.3 is 4.74 Å². The molecule has 0 saturated carbocycles. The van der Waals surface area contributed by atoms with Crippen LogP contribution in [0.1, 0.15) is 15.9 Å². The first-order chi connectivity index (χ1) is 11.6. The van der Waals surface area contributed by atoms with Crippen LogP contribution in [0.25, 0.3) is 6.08 Å². The van der Waals surface area contributed by atoms with E-state index < -0.39 is 5.78 Å². The number of carbonyl (C=O) groups is 1. The summed E-state index contributed by atoms with van der Waals surface area (Å²) in [7, 11) is 0. The maximum Gasteiger partial charge on any atom is 0.206 e. The number of hydrogen-bond donors (Lipinski definition) is 0. The molecule has 0 amide bonds. The number of ether oxygens (including phenoxy) is 1. The van der Waals surface area contributed by atoms with Gasteiger partial charge in [-0.1, -0.05) is 54.1 Å². The molecule has 0 aliphatic heterocycles. The highest BCUT2D eigenvalue weighted by Gasteiger charge is 2.18. The minimum atomic E-state index is -0.514. The fourth-order valence-corrected chi connectivity index (χ4v) is 2.55. The quantitative estimate of drug-likeness (QED) is 0.303. The van der Waals surface area contributed by atoms with Crippen LogP contribution in [-0.4, -0.2) is 12.4 Å². The molecule has 2 rings (SSSR count). The first-order valence-electron chi connectivity index (χ1n) is 7.01. The predicted molar refractivity (Wildman–Crippen MR) is 96.5 cm³/mol. The van der Waals surface area contributed by atoms with Crippen molar-refractivity contribution in [2.24, 2.45) is 0 Å². The van der Waals surface area contributed by atoms with Gasteiger partial charge in [-0.2, -0.15) is 5.26 Å². The smallest absolute Gasteiger partial charge is 0.206 e. The maximum absolute atomic E-state index is 12.5. The Labute approximate surface area is 150 Å². The van der Waals surface area contributed by atoms with Gasteiger partial charge in [0.2, 0.25) is 5.78 Å². The van der Waals surface area contributed by atoms with Crippen molar-refractivity contribution in [3.63, 3.8) is 0 Å². The van der Waals surface area contributed by atoms with Crippen molar-refractivity contribution in [3.05, 3.63) is 81.9 Å². The van der Waals surface area contributed by atoms with Crippen LogP contribution in [0.4, 0.5) is 0 Å². The zero-order valence-corrected chi connectivity index (χ0v) is 14.1. The Kier molecular flexibility index (Phi) is 6.20. The Morgan fingerprint density at radius 3 is 2.33 bits per heavy atom. The molecule has 3 nitrogen and oxygen atoms in total. The number of allylic oxidation sites excluding steroid dienone is 1.